The first-order valence-electron chi connectivity index (χ1n) is 5.31. The molecule has 1 aliphatic carbocycles. The summed E-state index contributed by atoms with van der Waals surface area (Å²) in [4.78, 5) is 0. The van der Waals surface area contributed by atoms with Crippen LogP contribution in [0.1, 0.15) is 12.8 Å². The maximum Gasteiger partial charge on any atom is 0.211 e. The summed E-state index contributed by atoms with van der Waals surface area (Å²) in [5.41, 5.74) is 0. The Balaban J connectivity index is 1.98. The van der Waals surface area contributed by atoms with E-state index in [2.05, 4.69) is 10.0 Å². The van der Waals surface area contributed by atoms with Crippen LogP contribution < -0.4 is 10.0 Å². The van der Waals surface area contributed by atoms with Crippen molar-refractivity contribution in [3.63, 3.8) is 0 Å². The third kappa shape index (κ3) is 6.83. The minimum Gasteiger partial charge on any atom is -0.383 e. The van der Waals surface area contributed by atoms with Gasteiger partial charge in [0.1, 0.15) is 0 Å². The van der Waals surface area contributed by atoms with Gasteiger partial charge in [-0.15, -0.1) is 0 Å². The number of hydrogen-bond acceptors (Lipinski definition) is 4. The molecule has 5 nitrogen and oxygen atoms in total. The first-order chi connectivity index (χ1) is 7.14. The van der Waals surface area contributed by atoms with Crippen LogP contribution in [-0.2, 0) is 14.8 Å². The van der Waals surface area contributed by atoms with Crippen molar-refractivity contribution in [1.29, 1.82) is 0 Å². The molecule has 0 aromatic rings. The molecule has 2 N–H and O–H groups in total. The highest BCUT2D eigenvalue weighted by molar-refractivity contribution is 7.89. The Labute approximate surface area is 91.6 Å². The van der Waals surface area contributed by atoms with Gasteiger partial charge < -0.3 is 10.1 Å². The molecule has 1 saturated carbocycles. The van der Waals surface area contributed by atoms with Crippen molar-refractivity contribution in [1.82, 2.24) is 10.0 Å². The van der Waals surface area contributed by atoms with Crippen molar-refractivity contribution in [2.45, 2.75) is 12.8 Å². The highest BCUT2D eigenvalue weighted by atomic mass is 32.2. The van der Waals surface area contributed by atoms with E-state index in [-0.39, 0.29) is 0 Å². The topological polar surface area (TPSA) is 67.4 Å². The minimum atomic E-state index is -3.03. The zero-order valence-electron chi connectivity index (χ0n) is 9.16. The van der Waals surface area contributed by atoms with E-state index >= 15 is 0 Å². The zero-order valence-corrected chi connectivity index (χ0v) is 9.98. The van der Waals surface area contributed by atoms with Gasteiger partial charge in [0, 0.05) is 26.7 Å². The van der Waals surface area contributed by atoms with Crippen LogP contribution in [0.3, 0.4) is 0 Å². The molecule has 0 amide bonds. The van der Waals surface area contributed by atoms with Gasteiger partial charge in [0.05, 0.1) is 12.4 Å². The third-order valence-electron chi connectivity index (χ3n) is 2.26. The van der Waals surface area contributed by atoms with Gasteiger partial charge in [-0.3, -0.25) is 0 Å². The van der Waals surface area contributed by atoms with Crippen molar-refractivity contribution < 1.29 is 13.2 Å². The van der Waals surface area contributed by atoms with Gasteiger partial charge in [-0.1, -0.05) is 0 Å². The van der Waals surface area contributed by atoms with Crippen molar-refractivity contribution in [2.75, 3.05) is 39.1 Å². The van der Waals surface area contributed by atoms with Gasteiger partial charge in [-0.05, 0) is 18.8 Å². The number of sulfonamides is 1. The normalized spacial score (nSPS) is 16.9. The summed E-state index contributed by atoms with van der Waals surface area (Å²) in [5.74, 6) is 0.703. The molecule has 0 saturated heterocycles. The fraction of sp³-hybridized carbons (Fsp3) is 1.00. The predicted octanol–water partition coefficient (Wildman–Crippen LogP) is -0.448. The summed E-state index contributed by atoms with van der Waals surface area (Å²) in [6.07, 6.45) is 2.12. The van der Waals surface area contributed by atoms with E-state index in [1.54, 1.807) is 7.11 Å². The second-order valence-electron chi connectivity index (χ2n) is 3.86. The number of rotatable bonds is 9. The van der Waals surface area contributed by atoms with Crippen LogP contribution in [0.4, 0.5) is 0 Å². The highest BCUT2D eigenvalue weighted by Gasteiger charge is 2.27. The first kappa shape index (κ1) is 12.9. The van der Waals surface area contributed by atoms with E-state index in [4.69, 9.17) is 4.74 Å². The lowest BCUT2D eigenvalue weighted by molar-refractivity contribution is 0.199. The monoisotopic (exact) mass is 236 g/mol. The van der Waals surface area contributed by atoms with Crippen LogP contribution in [0.15, 0.2) is 0 Å². The van der Waals surface area contributed by atoms with Gasteiger partial charge in [-0.2, -0.15) is 0 Å². The van der Waals surface area contributed by atoms with E-state index in [0.717, 1.165) is 19.4 Å². The Morgan fingerprint density at radius 2 is 2.00 bits per heavy atom. The van der Waals surface area contributed by atoms with Crippen LogP contribution in [0, 0.1) is 5.92 Å². The molecule has 90 valence electrons. The molecular formula is C9H20N2O3S. The maximum atomic E-state index is 11.4. The molecule has 1 rings (SSSR count). The highest BCUT2D eigenvalue weighted by Crippen LogP contribution is 2.29. The van der Waals surface area contributed by atoms with Gasteiger partial charge >= 0.3 is 0 Å². The van der Waals surface area contributed by atoms with E-state index in [9.17, 15) is 8.42 Å². The molecule has 0 spiro atoms. The Morgan fingerprint density at radius 1 is 1.27 bits per heavy atom. The quantitative estimate of drug-likeness (QED) is 0.532. The molecular weight excluding hydrogens is 216 g/mol. The fourth-order valence-corrected chi connectivity index (χ4v) is 2.73. The lowest BCUT2D eigenvalue weighted by atomic mass is 10.5. The molecule has 0 atom stereocenters. The lowest BCUT2D eigenvalue weighted by Crippen LogP contribution is -2.34. The molecule has 6 heteroatoms. The van der Waals surface area contributed by atoms with E-state index in [0.29, 0.717) is 31.4 Å². The van der Waals surface area contributed by atoms with Crippen LogP contribution in [0.5, 0.6) is 0 Å². The average Bonchev–Trinajstić information content (AvgIpc) is 2.94. The first-order valence-corrected chi connectivity index (χ1v) is 6.96. The van der Waals surface area contributed by atoms with Crippen molar-refractivity contribution in [2.24, 2.45) is 5.92 Å². The molecule has 0 unspecified atom stereocenters. The molecule has 0 radical (unpaired) electrons. The van der Waals surface area contributed by atoms with Crippen LogP contribution in [-0.4, -0.2) is 47.5 Å². The predicted molar refractivity (Wildman–Crippen MR) is 59.3 cm³/mol. The van der Waals surface area contributed by atoms with Crippen LogP contribution in [0.25, 0.3) is 0 Å². The largest absolute Gasteiger partial charge is 0.383 e. The molecule has 0 bridgehead atoms. The van der Waals surface area contributed by atoms with Gasteiger partial charge in [0.15, 0.2) is 0 Å². The Hall–Kier alpha value is -0.170. The summed E-state index contributed by atoms with van der Waals surface area (Å²) in [6, 6.07) is 0. The summed E-state index contributed by atoms with van der Waals surface area (Å²) >= 11 is 0. The molecule has 0 aromatic carbocycles. The molecule has 0 aromatic heterocycles. The molecule has 1 aliphatic rings. The minimum absolute atomic E-state index is 0.297. The second kappa shape index (κ2) is 6.42. The summed E-state index contributed by atoms with van der Waals surface area (Å²) in [7, 11) is -1.39. The summed E-state index contributed by atoms with van der Waals surface area (Å²) in [5, 5.41) is 3.08. The fourth-order valence-electron chi connectivity index (χ4n) is 1.25. The van der Waals surface area contributed by atoms with Crippen LogP contribution in [0.2, 0.25) is 0 Å². The van der Waals surface area contributed by atoms with E-state index in [1.165, 1.54) is 0 Å². The van der Waals surface area contributed by atoms with E-state index < -0.39 is 10.0 Å². The third-order valence-corrected chi connectivity index (χ3v) is 3.81. The molecule has 15 heavy (non-hydrogen) atoms. The SMILES string of the molecule is COCCNCCNS(=O)(=O)CC1CC1. The molecule has 0 aliphatic heterocycles. The number of hydrogen-bond donors (Lipinski definition) is 2. The van der Waals surface area contributed by atoms with Gasteiger partial charge in [0.2, 0.25) is 10.0 Å². The zero-order chi connectivity index (χ0) is 11.1. The molecule has 1 fully saturated rings. The average molecular weight is 236 g/mol. The van der Waals surface area contributed by atoms with Gasteiger partial charge in [0.25, 0.3) is 0 Å². The Kier molecular flexibility index (Phi) is 5.52. The summed E-state index contributed by atoms with van der Waals surface area (Å²) in [6.45, 7) is 2.50. The second-order valence-corrected chi connectivity index (χ2v) is 5.71. The van der Waals surface area contributed by atoms with Crippen molar-refractivity contribution in [3.05, 3.63) is 0 Å². The van der Waals surface area contributed by atoms with Crippen molar-refractivity contribution in [3.8, 4) is 0 Å². The number of nitrogens with one attached hydrogen (secondary N) is 2. The van der Waals surface area contributed by atoms with Gasteiger partial charge in [-0.25, -0.2) is 13.1 Å². The smallest absolute Gasteiger partial charge is 0.211 e. The number of methoxy groups -OCH3 is 1. The Bertz CT molecular complexity index is 263. The van der Waals surface area contributed by atoms with Crippen molar-refractivity contribution >= 4 is 10.0 Å². The standard InChI is InChI=1S/C9H20N2O3S/c1-14-7-6-10-4-5-11-15(12,13)8-9-2-3-9/h9-11H,2-8H2,1H3. The lowest BCUT2D eigenvalue weighted by Gasteiger charge is -2.06. The molecule has 0 heterocycles. The van der Waals surface area contributed by atoms with Crippen LogP contribution >= 0.6 is 0 Å². The Morgan fingerprint density at radius 3 is 2.60 bits per heavy atom. The number of ether oxygens (including phenoxy) is 1. The summed E-state index contributed by atoms with van der Waals surface area (Å²) < 4.78 is 30.2. The van der Waals surface area contributed by atoms with E-state index in [1.807, 2.05) is 0 Å². The maximum absolute atomic E-state index is 11.4.